The third-order valence-electron chi connectivity index (χ3n) is 6.24. The van der Waals surface area contributed by atoms with Gasteiger partial charge < -0.3 is 30.2 Å². The highest BCUT2D eigenvalue weighted by molar-refractivity contribution is 7.52. The largest absolute Gasteiger partial charge is 0.462 e. The van der Waals surface area contributed by atoms with E-state index in [1.165, 1.54) is 38.2 Å². The predicted octanol–water partition coefficient (Wildman–Crippen LogP) is 3.11. The zero-order chi connectivity index (χ0) is 31.7. The van der Waals surface area contributed by atoms with E-state index in [0.29, 0.717) is 4.57 Å². The van der Waals surface area contributed by atoms with E-state index in [2.05, 4.69) is 25.4 Å². The number of fused-ring (bicyclic) bond motifs is 1. The molecule has 0 saturated carbocycles. The second kappa shape index (κ2) is 12.2. The number of esters is 1. The van der Waals surface area contributed by atoms with Gasteiger partial charge in [0.1, 0.15) is 24.0 Å². The third kappa shape index (κ3) is 6.52. The molecule has 14 nitrogen and oxygen atoms in total. The van der Waals surface area contributed by atoms with E-state index in [0.717, 1.165) is 6.33 Å². The Bertz CT molecular complexity index is 1500. The predicted molar refractivity (Wildman–Crippen MR) is 144 cm³/mol. The summed E-state index contributed by atoms with van der Waals surface area (Å²) in [6.07, 6.45) is -12.9. The van der Waals surface area contributed by atoms with Crippen LogP contribution in [-0.2, 0) is 23.4 Å². The van der Waals surface area contributed by atoms with Crippen molar-refractivity contribution in [2.45, 2.75) is 63.2 Å². The van der Waals surface area contributed by atoms with Gasteiger partial charge in [-0.1, -0.05) is 18.2 Å². The number of benzene rings is 1. The van der Waals surface area contributed by atoms with E-state index in [-0.39, 0.29) is 28.7 Å². The summed E-state index contributed by atoms with van der Waals surface area (Å²) in [6, 6.07) is 6.23. The molecule has 1 saturated heterocycles. The summed E-state index contributed by atoms with van der Waals surface area (Å²) in [5.41, 5.74) is 0.881. The number of imidazole rings is 1. The SMILES string of the molecule is CNc1nc(N)nc2c1ncn2[C@@H]1O[C@H](CO[P@](=O)(N[C@H](C)C(=O)OC(C)C)Oc2ccccc2)[C@@H](O)[C@]1(F)C(F)(F)F. The first-order valence-corrected chi connectivity index (χ1v) is 14.4. The minimum Gasteiger partial charge on any atom is -0.462 e. The zero-order valence-electron chi connectivity index (χ0n) is 23.3. The van der Waals surface area contributed by atoms with Crippen LogP contribution in [0.1, 0.15) is 27.0 Å². The van der Waals surface area contributed by atoms with Crippen LogP contribution in [0.3, 0.4) is 0 Å². The molecule has 0 unspecified atom stereocenters. The summed E-state index contributed by atoms with van der Waals surface area (Å²) in [5.74, 6) is -1.14. The van der Waals surface area contributed by atoms with E-state index >= 15 is 4.39 Å². The molecule has 2 aromatic heterocycles. The number of rotatable bonds is 11. The Hall–Kier alpha value is -3.57. The van der Waals surface area contributed by atoms with Crippen LogP contribution in [0.5, 0.6) is 5.75 Å². The number of ether oxygens (including phenoxy) is 2. The standard InChI is InChI=1S/C24H30F4N7O7P/c1-12(2)40-20(37)13(3)34-43(38,42-14-8-6-5-7-9-14)39-10-15-17(36)23(25,24(26,27)28)21(41-15)35-11-31-16-18(30-4)32-22(29)33-19(16)35/h5-9,11-13,15,17,21,36H,10H2,1-4H3,(H,34,38)(H3,29,30,32,33)/t13-,15-,17-,21-,23-,43-/m1/s1. The highest BCUT2D eigenvalue weighted by atomic mass is 31.2. The van der Waals surface area contributed by atoms with E-state index < -0.39 is 62.7 Å². The quantitative estimate of drug-likeness (QED) is 0.137. The van der Waals surface area contributed by atoms with Crippen LogP contribution in [-0.4, -0.2) is 80.4 Å². The number of hydrogen-bond donors (Lipinski definition) is 4. The summed E-state index contributed by atoms with van der Waals surface area (Å²) in [7, 11) is -3.15. The van der Waals surface area contributed by atoms with Gasteiger partial charge in [0.15, 0.2) is 23.2 Å². The molecule has 3 aromatic rings. The molecule has 236 valence electrons. The Morgan fingerprint density at radius 3 is 2.53 bits per heavy atom. The second-order valence-corrected chi connectivity index (χ2v) is 11.5. The maximum absolute atomic E-state index is 16.0. The number of nitrogens with zero attached hydrogens (tertiary/aromatic N) is 4. The molecule has 6 atom stereocenters. The van der Waals surface area contributed by atoms with E-state index in [4.69, 9.17) is 24.3 Å². The summed E-state index contributed by atoms with van der Waals surface area (Å²) in [5, 5.41) is 15.7. The second-order valence-electron chi connectivity index (χ2n) is 9.78. The van der Waals surface area contributed by atoms with Crippen LogP contribution in [0.25, 0.3) is 11.2 Å². The van der Waals surface area contributed by atoms with Gasteiger partial charge in [0.25, 0.3) is 5.67 Å². The van der Waals surface area contributed by atoms with Crippen LogP contribution in [0, 0.1) is 0 Å². The summed E-state index contributed by atoms with van der Waals surface area (Å²) < 4.78 is 94.4. The van der Waals surface area contributed by atoms with Crippen molar-refractivity contribution in [3.8, 4) is 5.75 Å². The number of carbonyl (C=O) groups is 1. The molecule has 5 N–H and O–H groups in total. The zero-order valence-corrected chi connectivity index (χ0v) is 24.2. The maximum Gasteiger partial charge on any atom is 0.459 e. The Balaban J connectivity index is 1.65. The van der Waals surface area contributed by atoms with Gasteiger partial charge >= 0.3 is 19.9 Å². The lowest BCUT2D eigenvalue weighted by atomic mass is 9.95. The molecule has 43 heavy (non-hydrogen) atoms. The van der Waals surface area contributed by atoms with Gasteiger partial charge in [-0.3, -0.25) is 13.9 Å². The molecule has 3 heterocycles. The van der Waals surface area contributed by atoms with E-state index in [9.17, 15) is 27.6 Å². The normalized spacial score (nSPS) is 24.6. The van der Waals surface area contributed by atoms with E-state index in [1.807, 2.05) is 0 Å². The number of aliphatic hydroxyl groups is 1. The van der Waals surface area contributed by atoms with Crippen LogP contribution in [0.4, 0.5) is 29.3 Å². The van der Waals surface area contributed by atoms with Gasteiger partial charge in [-0.2, -0.15) is 28.2 Å². The van der Waals surface area contributed by atoms with Crippen molar-refractivity contribution in [2.75, 3.05) is 24.7 Å². The van der Waals surface area contributed by atoms with Crippen molar-refractivity contribution < 1.29 is 50.5 Å². The van der Waals surface area contributed by atoms with Crippen LogP contribution >= 0.6 is 7.75 Å². The van der Waals surface area contributed by atoms with Gasteiger partial charge in [-0.05, 0) is 32.9 Å². The molecule has 1 aliphatic heterocycles. The topological polar surface area (TPSA) is 185 Å². The smallest absolute Gasteiger partial charge is 0.459 e. The minimum atomic E-state index is -5.68. The first-order valence-electron chi connectivity index (χ1n) is 12.8. The number of carbonyl (C=O) groups excluding carboxylic acids is 1. The van der Waals surface area contributed by atoms with Crippen LogP contribution in [0.15, 0.2) is 36.7 Å². The number of anilines is 2. The number of nitrogens with one attached hydrogen (secondary N) is 2. The average molecular weight is 636 g/mol. The minimum absolute atomic E-state index is 0.00570. The van der Waals surface area contributed by atoms with Crippen LogP contribution in [0.2, 0.25) is 0 Å². The highest BCUT2D eigenvalue weighted by Crippen LogP contribution is 2.53. The molecular weight excluding hydrogens is 605 g/mol. The first kappa shape index (κ1) is 32.3. The summed E-state index contributed by atoms with van der Waals surface area (Å²) in [4.78, 5) is 24.1. The number of aromatic nitrogens is 4. The molecule has 1 aliphatic rings. The van der Waals surface area contributed by atoms with Crippen molar-refractivity contribution in [1.82, 2.24) is 24.6 Å². The summed E-state index contributed by atoms with van der Waals surface area (Å²) in [6.45, 7) is 3.39. The lowest BCUT2D eigenvalue weighted by Crippen LogP contribution is -2.54. The van der Waals surface area contributed by atoms with Crippen molar-refractivity contribution in [3.63, 3.8) is 0 Å². The monoisotopic (exact) mass is 635 g/mol. The molecule has 0 spiro atoms. The molecule has 4 rings (SSSR count). The number of alkyl halides is 4. The first-order chi connectivity index (χ1) is 20.1. The fourth-order valence-electron chi connectivity index (χ4n) is 4.25. The molecule has 0 bridgehead atoms. The number of para-hydroxylation sites is 1. The Kier molecular flexibility index (Phi) is 9.18. The number of halogens is 4. The Morgan fingerprint density at radius 2 is 1.93 bits per heavy atom. The van der Waals surface area contributed by atoms with Crippen molar-refractivity contribution in [2.24, 2.45) is 0 Å². The number of hydrogen-bond acceptors (Lipinski definition) is 12. The molecular formula is C24H30F4N7O7P. The Labute approximate surface area is 242 Å². The third-order valence-corrected chi connectivity index (χ3v) is 7.89. The number of nitrogens with two attached hydrogens (primary N) is 1. The molecule has 1 aromatic carbocycles. The molecule has 1 fully saturated rings. The van der Waals surface area contributed by atoms with Crippen molar-refractivity contribution in [3.05, 3.63) is 36.7 Å². The van der Waals surface area contributed by atoms with Gasteiger partial charge in [0.05, 0.1) is 19.0 Å². The van der Waals surface area contributed by atoms with E-state index in [1.54, 1.807) is 19.9 Å². The molecule has 0 amide bonds. The Morgan fingerprint density at radius 1 is 1.26 bits per heavy atom. The average Bonchev–Trinajstić information content (AvgIpc) is 3.45. The number of nitrogen functional groups attached to an aromatic ring is 1. The highest BCUT2D eigenvalue weighted by Gasteiger charge is 2.73. The van der Waals surface area contributed by atoms with Gasteiger partial charge in [0.2, 0.25) is 5.95 Å². The summed E-state index contributed by atoms with van der Waals surface area (Å²) >= 11 is 0. The lowest BCUT2D eigenvalue weighted by Gasteiger charge is -2.31. The molecule has 0 aliphatic carbocycles. The van der Waals surface area contributed by atoms with Gasteiger partial charge in [0, 0.05) is 7.05 Å². The van der Waals surface area contributed by atoms with Crippen molar-refractivity contribution in [1.29, 1.82) is 0 Å². The number of aliphatic hydroxyl groups excluding tert-OH is 1. The fourth-order valence-corrected chi connectivity index (χ4v) is 5.75. The van der Waals surface area contributed by atoms with Gasteiger partial charge in [-0.15, -0.1) is 0 Å². The molecule has 19 heteroatoms. The molecule has 0 radical (unpaired) electrons. The lowest BCUT2D eigenvalue weighted by molar-refractivity contribution is -0.273. The van der Waals surface area contributed by atoms with Crippen LogP contribution < -0.4 is 20.7 Å². The fraction of sp³-hybridized carbons (Fsp3) is 0.500. The van der Waals surface area contributed by atoms with Crippen molar-refractivity contribution >= 4 is 36.6 Å². The maximum atomic E-state index is 16.0. The van der Waals surface area contributed by atoms with Gasteiger partial charge in [-0.25, -0.2) is 13.9 Å².